The molecule has 1 aromatic carbocycles. The summed E-state index contributed by atoms with van der Waals surface area (Å²) >= 11 is 6.16. The van der Waals surface area contributed by atoms with Gasteiger partial charge >= 0.3 is 0 Å². The van der Waals surface area contributed by atoms with Gasteiger partial charge in [-0.2, -0.15) is 0 Å². The first-order chi connectivity index (χ1) is 9.13. The molecule has 2 aromatic rings. The molecule has 1 aliphatic heterocycles. The highest BCUT2D eigenvalue weighted by Gasteiger charge is 2.20. The number of aromatic nitrogens is 2. The molecule has 1 N–H and O–H groups in total. The van der Waals surface area contributed by atoms with Crippen molar-refractivity contribution in [2.24, 2.45) is 0 Å². The van der Waals surface area contributed by atoms with Crippen LogP contribution in [0.25, 0.3) is 11.3 Å². The molecule has 0 aliphatic carbocycles. The highest BCUT2D eigenvalue weighted by atomic mass is 35.5. The number of rotatable bonds is 1. The van der Waals surface area contributed by atoms with Crippen LogP contribution >= 0.6 is 11.6 Å². The Morgan fingerprint density at radius 3 is 2.63 bits per heavy atom. The maximum Gasteiger partial charge on any atom is 0.225 e. The Morgan fingerprint density at radius 2 is 1.89 bits per heavy atom. The Morgan fingerprint density at radius 1 is 1.16 bits per heavy atom. The Balaban J connectivity index is 2.08. The van der Waals surface area contributed by atoms with Gasteiger partial charge in [0, 0.05) is 18.4 Å². The first-order valence-electron chi connectivity index (χ1n) is 6.07. The predicted octanol–water partition coefficient (Wildman–Crippen LogP) is 2.99. The summed E-state index contributed by atoms with van der Waals surface area (Å²) in [5, 5.41) is 3.00. The average molecular weight is 274 g/mol. The monoisotopic (exact) mass is 273 g/mol. The lowest BCUT2D eigenvalue weighted by atomic mass is 10.1. The molecular formula is C14H12ClN3O. The van der Waals surface area contributed by atoms with Gasteiger partial charge in [-0.1, -0.05) is 41.4 Å². The zero-order valence-corrected chi connectivity index (χ0v) is 11.2. The number of fused-ring (bicyclic) bond motifs is 1. The molecule has 0 saturated carbocycles. The van der Waals surface area contributed by atoms with Gasteiger partial charge in [-0.25, -0.2) is 9.97 Å². The van der Waals surface area contributed by atoms with Gasteiger partial charge in [-0.05, 0) is 6.92 Å². The summed E-state index contributed by atoms with van der Waals surface area (Å²) in [7, 11) is 0. The van der Waals surface area contributed by atoms with Crippen molar-refractivity contribution in [1.29, 1.82) is 0 Å². The fourth-order valence-corrected chi connectivity index (χ4v) is 2.28. The van der Waals surface area contributed by atoms with Crippen LogP contribution < -0.4 is 5.32 Å². The molecule has 0 spiro atoms. The molecule has 0 saturated heterocycles. The van der Waals surface area contributed by atoms with E-state index in [1.165, 1.54) is 5.56 Å². The lowest BCUT2D eigenvalue weighted by molar-refractivity contribution is -0.116. The maximum atomic E-state index is 11.3. The van der Waals surface area contributed by atoms with E-state index >= 15 is 0 Å². The second-order valence-corrected chi connectivity index (χ2v) is 4.93. The van der Waals surface area contributed by atoms with Gasteiger partial charge in [-0.15, -0.1) is 0 Å². The molecule has 19 heavy (non-hydrogen) atoms. The molecule has 5 heteroatoms. The number of nitrogens with one attached hydrogen (secondary N) is 1. The van der Waals surface area contributed by atoms with E-state index in [0.29, 0.717) is 29.5 Å². The van der Waals surface area contributed by atoms with Crippen LogP contribution in [0.3, 0.4) is 0 Å². The van der Waals surface area contributed by atoms with Crippen LogP contribution in [0.5, 0.6) is 0 Å². The first-order valence-corrected chi connectivity index (χ1v) is 6.44. The summed E-state index contributed by atoms with van der Waals surface area (Å²) in [5.74, 6) is 0.443. The normalized spacial score (nSPS) is 13.9. The van der Waals surface area contributed by atoms with Crippen molar-refractivity contribution in [3.05, 3.63) is 40.7 Å². The first kappa shape index (κ1) is 12.1. The minimum atomic E-state index is -0.0408. The Bertz CT molecular complexity index is 652. The molecule has 1 amide bonds. The molecule has 0 fully saturated rings. The van der Waals surface area contributed by atoms with Gasteiger partial charge in [0.15, 0.2) is 11.0 Å². The average Bonchev–Trinajstić information content (AvgIpc) is 2.39. The summed E-state index contributed by atoms with van der Waals surface area (Å²) in [6, 6.07) is 7.96. The highest BCUT2D eigenvalue weighted by molar-refractivity contribution is 6.32. The van der Waals surface area contributed by atoms with E-state index in [1.807, 2.05) is 31.2 Å². The number of hydrogen-bond acceptors (Lipinski definition) is 3. The molecule has 3 rings (SSSR count). The number of hydrogen-bond donors (Lipinski definition) is 1. The minimum absolute atomic E-state index is 0.0408. The summed E-state index contributed by atoms with van der Waals surface area (Å²) in [6.07, 6.45) is 1.04. The van der Waals surface area contributed by atoms with Crippen LogP contribution in [0.4, 0.5) is 5.82 Å². The van der Waals surface area contributed by atoms with Crippen molar-refractivity contribution in [2.45, 2.75) is 19.8 Å². The second-order valence-electron chi connectivity index (χ2n) is 4.57. The predicted molar refractivity (Wildman–Crippen MR) is 74.2 cm³/mol. The number of amides is 1. The lowest BCUT2D eigenvalue weighted by Gasteiger charge is -2.16. The van der Waals surface area contributed by atoms with Gasteiger partial charge < -0.3 is 5.32 Å². The van der Waals surface area contributed by atoms with Gasteiger partial charge in [0.2, 0.25) is 5.91 Å². The molecule has 96 valence electrons. The quantitative estimate of drug-likeness (QED) is 0.869. The van der Waals surface area contributed by atoms with E-state index in [0.717, 1.165) is 11.3 Å². The van der Waals surface area contributed by atoms with Gasteiger partial charge in [-0.3, -0.25) is 4.79 Å². The van der Waals surface area contributed by atoms with Crippen molar-refractivity contribution in [2.75, 3.05) is 5.32 Å². The molecule has 4 nitrogen and oxygen atoms in total. The van der Waals surface area contributed by atoms with Crippen LogP contribution in [0.15, 0.2) is 24.3 Å². The zero-order chi connectivity index (χ0) is 13.4. The maximum absolute atomic E-state index is 11.3. The molecule has 0 atom stereocenters. The Labute approximate surface area is 115 Å². The van der Waals surface area contributed by atoms with Crippen molar-refractivity contribution in [3.8, 4) is 11.3 Å². The van der Waals surface area contributed by atoms with Gasteiger partial charge in [0.1, 0.15) is 5.69 Å². The SMILES string of the molecule is Cc1ccc(-c2nc3c(nc2Cl)NC(=O)CC3)cc1. The fourth-order valence-electron chi connectivity index (χ4n) is 2.05. The van der Waals surface area contributed by atoms with Crippen molar-refractivity contribution in [3.63, 3.8) is 0 Å². The molecule has 0 radical (unpaired) electrons. The Kier molecular flexibility index (Phi) is 2.95. The number of aryl methyl sites for hydroxylation is 2. The van der Waals surface area contributed by atoms with Crippen LogP contribution in [0, 0.1) is 6.92 Å². The van der Waals surface area contributed by atoms with Crippen molar-refractivity contribution < 1.29 is 4.79 Å². The third kappa shape index (κ3) is 2.31. The smallest absolute Gasteiger partial charge is 0.225 e. The number of carbonyl (C=O) groups is 1. The van der Waals surface area contributed by atoms with E-state index in [2.05, 4.69) is 15.3 Å². The number of nitrogens with zero attached hydrogens (tertiary/aromatic N) is 2. The van der Waals surface area contributed by atoms with E-state index in [-0.39, 0.29) is 5.91 Å². The largest absolute Gasteiger partial charge is 0.309 e. The van der Waals surface area contributed by atoms with E-state index < -0.39 is 0 Å². The fraction of sp³-hybridized carbons (Fsp3) is 0.214. The lowest BCUT2D eigenvalue weighted by Crippen LogP contribution is -2.21. The summed E-state index contributed by atoms with van der Waals surface area (Å²) in [6.45, 7) is 2.03. The van der Waals surface area contributed by atoms with E-state index in [1.54, 1.807) is 0 Å². The van der Waals surface area contributed by atoms with Crippen LogP contribution in [-0.4, -0.2) is 15.9 Å². The molecule has 0 unspecified atom stereocenters. The van der Waals surface area contributed by atoms with Crippen LogP contribution in [0.1, 0.15) is 17.7 Å². The van der Waals surface area contributed by atoms with Gasteiger partial charge in [0.05, 0.1) is 5.69 Å². The third-order valence-corrected chi connectivity index (χ3v) is 3.36. The minimum Gasteiger partial charge on any atom is -0.309 e. The van der Waals surface area contributed by atoms with Crippen molar-refractivity contribution in [1.82, 2.24) is 9.97 Å². The van der Waals surface area contributed by atoms with Crippen molar-refractivity contribution >= 4 is 23.3 Å². The zero-order valence-electron chi connectivity index (χ0n) is 10.4. The number of carbonyl (C=O) groups excluding carboxylic acids is 1. The summed E-state index contributed by atoms with van der Waals surface area (Å²) in [5.41, 5.74) is 3.57. The molecule has 1 aliphatic rings. The molecule has 0 bridgehead atoms. The standard InChI is InChI=1S/C14H12ClN3O/c1-8-2-4-9(5-3-8)12-13(15)18-14-10(16-12)6-7-11(19)17-14/h2-5H,6-7H2,1H3,(H,17,18,19). The Hall–Kier alpha value is -1.94. The highest BCUT2D eigenvalue weighted by Crippen LogP contribution is 2.29. The topological polar surface area (TPSA) is 54.9 Å². The molecule has 2 heterocycles. The number of halogens is 1. The van der Waals surface area contributed by atoms with Crippen LogP contribution in [0.2, 0.25) is 5.15 Å². The molecule has 1 aromatic heterocycles. The molecular weight excluding hydrogens is 262 g/mol. The third-order valence-electron chi connectivity index (χ3n) is 3.10. The summed E-state index contributed by atoms with van der Waals surface area (Å²) in [4.78, 5) is 20.1. The van der Waals surface area contributed by atoms with E-state index in [4.69, 9.17) is 11.6 Å². The second kappa shape index (κ2) is 4.63. The number of anilines is 1. The van der Waals surface area contributed by atoms with Gasteiger partial charge in [0.25, 0.3) is 0 Å². The summed E-state index contributed by atoms with van der Waals surface area (Å²) < 4.78 is 0. The van der Waals surface area contributed by atoms with E-state index in [9.17, 15) is 4.79 Å². The number of benzene rings is 1. The van der Waals surface area contributed by atoms with Crippen LogP contribution in [-0.2, 0) is 11.2 Å².